The van der Waals surface area contributed by atoms with Crippen molar-refractivity contribution in [2.75, 3.05) is 0 Å². The zero-order chi connectivity index (χ0) is 13.3. The van der Waals surface area contributed by atoms with Gasteiger partial charge in [-0.15, -0.1) is 0 Å². The van der Waals surface area contributed by atoms with Gasteiger partial charge in [-0.2, -0.15) is 0 Å². The number of nitrogens with zero attached hydrogens (tertiary/aromatic N) is 1. The van der Waals surface area contributed by atoms with Crippen LogP contribution in [0.4, 0.5) is 0 Å². The van der Waals surface area contributed by atoms with Crippen LogP contribution in [0.1, 0.15) is 46.5 Å². The van der Waals surface area contributed by atoms with Crippen LogP contribution in [0.15, 0.2) is 12.2 Å². The molecule has 0 spiro atoms. The molecule has 4 atom stereocenters. The highest BCUT2D eigenvalue weighted by Crippen LogP contribution is 2.45. The molecule has 1 aliphatic carbocycles. The van der Waals surface area contributed by atoms with Gasteiger partial charge in [0.15, 0.2) is 0 Å². The second-order valence-corrected chi connectivity index (χ2v) is 5.50. The summed E-state index contributed by atoms with van der Waals surface area (Å²) < 4.78 is 0. The van der Waals surface area contributed by atoms with E-state index in [2.05, 4.69) is 20.8 Å². The normalized spacial score (nSPS) is 35.8. The summed E-state index contributed by atoms with van der Waals surface area (Å²) >= 11 is 0. The zero-order valence-electron chi connectivity index (χ0n) is 11.6. The molecule has 3 nitrogen and oxygen atoms in total. The second-order valence-electron chi connectivity index (χ2n) is 5.50. The molecule has 1 unspecified atom stereocenters. The number of hydrogen-bond acceptors (Lipinski definition) is 2. The Morgan fingerprint density at radius 1 is 1.00 bits per heavy atom. The number of amides is 2. The van der Waals surface area contributed by atoms with Gasteiger partial charge < -0.3 is 0 Å². The predicted octanol–water partition coefficient (Wildman–Crippen LogP) is 2.76. The Hall–Kier alpha value is -1.12. The summed E-state index contributed by atoms with van der Waals surface area (Å²) in [6, 6.07) is 0.125. The van der Waals surface area contributed by atoms with Gasteiger partial charge in [0.25, 0.3) is 11.8 Å². The maximum Gasteiger partial charge on any atom is 0.253 e. The average molecular weight is 249 g/mol. The monoisotopic (exact) mass is 249 g/mol. The summed E-state index contributed by atoms with van der Waals surface area (Å²) in [6.07, 6.45) is 7.17. The molecule has 1 saturated carbocycles. The van der Waals surface area contributed by atoms with Gasteiger partial charge in [-0.3, -0.25) is 14.5 Å². The Bertz CT molecular complexity index is 357. The van der Waals surface area contributed by atoms with E-state index in [0.29, 0.717) is 17.8 Å². The van der Waals surface area contributed by atoms with Crippen LogP contribution in [0.5, 0.6) is 0 Å². The van der Waals surface area contributed by atoms with E-state index in [1.165, 1.54) is 17.1 Å². The molecule has 2 rings (SSSR count). The first-order valence-corrected chi connectivity index (χ1v) is 7.19. The van der Waals surface area contributed by atoms with Gasteiger partial charge in [-0.05, 0) is 24.2 Å². The molecule has 0 bridgehead atoms. The van der Waals surface area contributed by atoms with E-state index in [1.807, 2.05) is 0 Å². The summed E-state index contributed by atoms with van der Waals surface area (Å²) in [5.41, 5.74) is 0. The minimum atomic E-state index is -0.116. The van der Waals surface area contributed by atoms with Gasteiger partial charge in [-0.25, -0.2) is 0 Å². The third kappa shape index (κ3) is 2.00. The first-order chi connectivity index (χ1) is 8.63. The molecule has 0 saturated heterocycles. The van der Waals surface area contributed by atoms with E-state index in [0.717, 1.165) is 25.7 Å². The van der Waals surface area contributed by atoms with Crippen molar-refractivity contribution in [3.8, 4) is 0 Å². The number of rotatable bonds is 4. The van der Waals surface area contributed by atoms with Crippen LogP contribution >= 0.6 is 0 Å². The smallest absolute Gasteiger partial charge is 0.253 e. The lowest BCUT2D eigenvalue weighted by Crippen LogP contribution is -2.42. The van der Waals surface area contributed by atoms with Crippen molar-refractivity contribution in [3.63, 3.8) is 0 Å². The van der Waals surface area contributed by atoms with E-state index in [9.17, 15) is 9.59 Å². The molecule has 18 heavy (non-hydrogen) atoms. The molecular weight excluding hydrogens is 226 g/mol. The Balaban J connectivity index is 2.22. The molecule has 1 heterocycles. The lowest BCUT2D eigenvalue weighted by Gasteiger charge is -2.29. The molecule has 1 aliphatic heterocycles. The summed E-state index contributed by atoms with van der Waals surface area (Å²) in [6.45, 7) is 6.62. The van der Waals surface area contributed by atoms with Gasteiger partial charge in [-0.1, -0.05) is 40.0 Å². The van der Waals surface area contributed by atoms with Crippen molar-refractivity contribution in [1.29, 1.82) is 0 Å². The lowest BCUT2D eigenvalue weighted by atomic mass is 9.84. The molecule has 0 aromatic rings. The van der Waals surface area contributed by atoms with Crippen LogP contribution in [-0.2, 0) is 9.59 Å². The fraction of sp³-hybridized carbons (Fsp3) is 0.733. The van der Waals surface area contributed by atoms with Gasteiger partial charge in [0.2, 0.25) is 0 Å². The van der Waals surface area contributed by atoms with Gasteiger partial charge in [0.1, 0.15) is 0 Å². The van der Waals surface area contributed by atoms with Crippen LogP contribution in [0.25, 0.3) is 0 Å². The highest BCUT2D eigenvalue weighted by Gasteiger charge is 2.46. The van der Waals surface area contributed by atoms with E-state index >= 15 is 0 Å². The third-order valence-corrected chi connectivity index (χ3v) is 4.84. The fourth-order valence-corrected chi connectivity index (χ4v) is 4.01. The molecule has 3 heteroatoms. The van der Waals surface area contributed by atoms with Gasteiger partial charge in [0, 0.05) is 18.2 Å². The minimum absolute atomic E-state index is 0.116. The van der Waals surface area contributed by atoms with Gasteiger partial charge in [0.05, 0.1) is 0 Å². The zero-order valence-corrected chi connectivity index (χ0v) is 11.6. The number of hydrogen-bond donors (Lipinski definition) is 0. The number of carbonyl (C=O) groups excluding carboxylic acids is 2. The van der Waals surface area contributed by atoms with Crippen LogP contribution in [0.3, 0.4) is 0 Å². The Morgan fingerprint density at radius 2 is 1.56 bits per heavy atom. The van der Waals surface area contributed by atoms with E-state index in [4.69, 9.17) is 0 Å². The lowest BCUT2D eigenvalue weighted by molar-refractivity contribution is -0.140. The maximum atomic E-state index is 11.8. The number of imide groups is 1. The summed E-state index contributed by atoms with van der Waals surface area (Å²) in [5, 5.41) is 0. The van der Waals surface area contributed by atoms with Crippen LogP contribution in [0, 0.1) is 17.8 Å². The predicted molar refractivity (Wildman–Crippen MR) is 70.7 cm³/mol. The summed E-state index contributed by atoms with van der Waals surface area (Å²) in [7, 11) is 0. The van der Waals surface area contributed by atoms with Crippen LogP contribution in [-0.4, -0.2) is 22.8 Å². The molecule has 100 valence electrons. The third-order valence-electron chi connectivity index (χ3n) is 4.84. The maximum absolute atomic E-state index is 11.8. The Labute approximate surface area is 109 Å². The molecule has 0 radical (unpaired) electrons. The first-order valence-electron chi connectivity index (χ1n) is 7.19. The second kappa shape index (κ2) is 5.25. The summed E-state index contributed by atoms with van der Waals surface area (Å²) in [5.74, 6) is 1.57. The van der Waals surface area contributed by atoms with Crippen molar-refractivity contribution < 1.29 is 9.59 Å². The molecule has 0 N–H and O–H groups in total. The molecule has 0 aromatic carbocycles. The van der Waals surface area contributed by atoms with E-state index in [1.54, 1.807) is 0 Å². The van der Waals surface area contributed by atoms with Crippen LogP contribution < -0.4 is 0 Å². The molecular formula is C15H23NO2. The van der Waals surface area contributed by atoms with E-state index < -0.39 is 0 Å². The highest BCUT2D eigenvalue weighted by molar-refractivity contribution is 6.13. The quantitative estimate of drug-likeness (QED) is 0.718. The molecule has 2 aliphatic rings. The Morgan fingerprint density at radius 3 is 2.00 bits per heavy atom. The van der Waals surface area contributed by atoms with Gasteiger partial charge >= 0.3 is 0 Å². The SMILES string of the molecule is CCC1C[C@H](N2C(=O)C=CC2=O)[C@@H](CC)[C@H]1CC. The summed E-state index contributed by atoms with van der Waals surface area (Å²) in [4.78, 5) is 25.2. The highest BCUT2D eigenvalue weighted by atomic mass is 16.2. The van der Waals surface area contributed by atoms with Crippen molar-refractivity contribution in [1.82, 2.24) is 4.90 Å². The van der Waals surface area contributed by atoms with Crippen molar-refractivity contribution in [2.45, 2.75) is 52.5 Å². The van der Waals surface area contributed by atoms with Crippen molar-refractivity contribution >= 4 is 11.8 Å². The first kappa shape index (κ1) is 13.3. The van der Waals surface area contributed by atoms with Crippen molar-refractivity contribution in [3.05, 3.63) is 12.2 Å². The van der Waals surface area contributed by atoms with E-state index in [-0.39, 0.29) is 17.9 Å². The fourth-order valence-electron chi connectivity index (χ4n) is 4.01. The molecule has 2 amide bonds. The minimum Gasteiger partial charge on any atom is -0.272 e. The largest absolute Gasteiger partial charge is 0.272 e. The van der Waals surface area contributed by atoms with Crippen LogP contribution in [0.2, 0.25) is 0 Å². The van der Waals surface area contributed by atoms with Crippen molar-refractivity contribution in [2.24, 2.45) is 17.8 Å². The molecule has 0 aromatic heterocycles. The standard InChI is InChI=1S/C15H23NO2/c1-4-10-9-13(12(6-3)11(10)5-2)16-14(17)7-8-15(16)18/h7-8,10-13H,4-6,9H2,1-3H3/t10?,11-,12-,13-/m0/s1. The number of carbonyl (C=O) groups is 2. The topological polar surface area (TPSA) is 37.4 Å². The molecule has 1 fully saturated rings. The Kier molecular flexibility index (Phi) is 3.88. The average Bonchev–Trinajstić information content (AvgIpc) is 2.88.